The smallest absolute Gasteiger partial charge is 0.273 e. The fraction of sp³-hybridized carbons (Fsp3) is 0.308. The molecular weight excluding hydrogens is 428 g/mol. The van der Waals surface area contributed by atoms with E-state index in [2.05, 4.69) is 27.1 Å². The van der Waals surface area contributed by atoms with E-state index >= 15 is 0 Å². The van der Waals surface area contributed by atoms with Gasteiger partial charge in [-0.05, 0) is 31.2 Å². The van der Waals surface area contributed by atoms with E-state index in [-0.39, 0.29) is 17.9 Å². The number of hydrogen-bond donors (Lipinski definition) is 0. The Morgan fingerprint density at radius 3 is 2.18 bits per heavy atom. The van der Waals surface area contributed by atoms with Crippen LogP contribution in [-0.2, 0) is 18.3 Å². The van der Waals surface area contributed by atoms with Gasteiger partial charge in [0.2, 0.25) is 5.91 Å². The number of amides is 1. The molecule has 8 heteroatoms. The summed E-state index contributed by atoms with van der Waals surface area (Å²) < 4.78 is 3.34. The van der Waals surface area contributed by atoms with Crippen LogP contribution in [-0.4, -0.2) is 56.3 Å². The van der Waals surface area contributed by atoms with Crippen molar-refractivity contribution in [3.63, 3.8) is 0 Å². The molecule has 0 spiro atoms. The summed E-state index contributed by atoms with van der Waals surface area (Å²) >= 11 is 0. The number of benzene rings is 2. The van der Waals surface area contributed by atoms with Crippen LogP contribution < -0.4 is 10.5 Å². The molecule has 4 aromatic rings. The predicted octanol–water partition coefficient (Wildman–Crippen LogP) is 2.71. The van der Waals surface area contributed by atoms with Gasteiger partial charge in [-0.2, -0.15) is 5.10 Å². The van der Waals surface area contributed by atoms with E-state index in [4.69, 9.17) is 0 Å². The van der Waals surface area contributed by atoms with Crippen molar-refractivity contribution < 1.29 is 4.79 Å². The fourth-order valence-electron chi connectivity index (χ4n) is 4.56. The molecule has 2 aromatic heterocycles. The van der Waals surface area contributed by atoms with Gasteiger partial charge in [0.05, 0.1) is 11.4 Å². The van der Waals surface area contributed by atoms with E-state index in [0.717, 1.165) is 24.5 Å². The first kappa shape index (κ1) is 21.9. The average molecular weight is 457 g/mol. The third-order valence-electron chi connectivity index (χ3n) is 6.45. The number of aromatic nitrogens is 4. The molecule has 0 bridgehead atoms. The van der Waals surface area contributed by atoms with E-state index in [0.29, 0.717) is 36.4 Å². The number of hydrogen-bond acceptors (Lipinski definition) is 5. The number of carbonyl (C=O) groups is 1. The maximum Gasteiger partial charge on any atom is 0.273 e. The van der Waals surface area contributed by atoms with E-state index in [1.165, 1.54) is 5.69 Å². The molecule has 1 aliphatic heterocycles. The molecular formula is C26H28N6O2. The third kappa shape index (κ3) is 4.07. The Labute approximate surface area is 198 Å². The standard InChI is InChI=1S/C26H28N6O2/c1-19-24-25(32(28-19)21-11-7-4-8-12-21)29(2)26(34)22(27-24)13-14-23(33)31-17-15-30(16-18-31)20-9-5-3-6-10-20/h3-12H,13-18H2,1-2H3. The molecule has 1 fully saturated rings. The highest BCUT2D eigenvalue weighted by Crippen LogP contribution is 2.20. The van der Waals surface area contributed by atoms with Gasteiger partial charge in [-0.1, -0.05) is 36.4 Å². The minimum atomic E-state index is -0.189. The SMILES string of the molecule is Cc1nn(-c2ccccc2)c2c1nc(CCC(=O)N1CCN(c3ccccc3)CC1)c(=O)n2C. The van der Waals surface area contributed by atoms with E-state index < -0.39 is 0 Å². The molecule has 0 N–H and O–H groups in total. The number of rotatable bonds is 5. The molecule has 8 nitrogen and oxygen atoms in total. The minimum Gasteiger partial charge on any atom is -0.368 e. The van der Waals surface area contributed by atoms with Crippen molar-refractivity contribution in [2.24, 2.45) is 7.05 Å². The maximum atomic E-state index is 13.1. The maximum absolute atomic E-state index is 13.1. The molecule has 174 valence electrons. The average Bonchev–Trinajstić information content (AvgIpc) is 3.22. The minimum absolute atomic E-state index is 0.0633. The normalized spacial score (nSPS) is 14.1. The molecule has 0 saturated carbocycles. The van der Waals surface area contributed by atoms with Crippen LogP contribution in [0, 0.1) is 6.92 Å². The van der Waals surface area contributed by atoms with Gasteiger partial charge in [0.15, 0.2) is 5.65 Å². The van der Waals surface area contributed by atoms with Crippen molar-refractivity contribution in [3.8, 4) is 5.69 Å². The molecule has 0 aliphatic carbocycles. The van der Waals surface area contributed by atoms with Crippen LogP contribution in [0.5, 0.6) is 0 Å². The highest BCUT2D eigenvalue weighted by molar-refractivity contribution is 5.78. The highest BCUT2D eigenvalue weighted by Gasteiger charge is 2.23. The lowest BCUT2D eigenvalue weighted by Gasteiger charge is -2.36. The zero-order chi connectivity index (χ0) is 23.7. The second-order valence-corrected chi connectivity index (χ2v) is 8.63. The van der Waals surface area contributed by atoms with Gasteiger partial charge < -0.3 is 9.80 Å². The number of aryl methyl sites for hydroxylation is 3. The molecule has 0 unspecified atom stereocenters. The van der Waals surface area contributed by atoms with Crippen LogP contribution >= 0.6 is 0 Å². The zero-order valence-corrected chi connectivity index (χ0v) is 19.5. The summed E-state index contributed by atoms with van der Waals surface area (Å²) in [5, 5.41) is 4.62. The molecule has 0 radical (unpaired) electrons. The van der Waals surface area contributed by atoms with Crippen molar-refractivity contribution in [1.29, 1.82) is 0 Å². The summed E-state index contributed by atoms with van der Waals surface area (Å²) in [7, 11) is 1.74. The van der Waals surface area contributed by atoms with Crippen molar-refractivity contribution in [2.75, 3.05) is 31.1 Å². The lowest BCUT2D eigenvalue weighted by Crippen LogP contribution is -2.48. The van der Waals surface area contributed by atoms with Crippen molar-refractivity contribution in [2.45, 2.75) is 19.8 Å². The Bertz CT molecular complexity index is 1370. The molecule has 1 aliphatic rings. The number of carbonyl (C=O) groups excluding carboxylic acids is 1. The number of nitrogens with zero attached hydrogens (tertiary/aromatic N) is 6. The van der Waals surface area contributed by atoms with Gasteiger partial charge in [-0.15, -0.1) is 0 Å². The van der Waals surface area contributed by atoms with Crippen molar-refractivity contribution in [1.82, 2.24) is 24.2 Å². The van der Waals surface area contributed by atoms with Crippen LogP contribution in [0.3, 0.4) is 0 Å². The van der Waals surface area contributed by atoms with Gasteiger partial charge in [-0.3, -0.25) is 14.2 Å². The van der Waals surface area contributed by atoms with Crippen LogP contribution in [0.25, 0.3) is 16.9 Å². The molecule has 5 rings (SSSR count). The summed E-state index contributed by atoms with van der Waals surface area (Å²) in [5.74, 6) is 0.0633. The highest BCUT2D eigenvalue weighted by atomic mass is 16.2. The molecule has 3 heterocycles. The predicted molar refractivity (Wildman–Crippen MR) is 132 cm³/mol. The van der Waals surface area contributed by atoms with E-state index in [1.54, 1.807) is 16.3 Å². The van der Waals surface area contributed by atoms with Crippen molar-refractivity contribution in [3.05, 3.63) is 82.4 Å². The fourth-order valence-corrected chi connectivity index (χ4v) is 4.56. The molecule has 2 aromatic carbocycles. The number of fused-ring (bicyclic) bond motifs is 1. The Morgan fingerprint density at radius 2 is 1.53 bits per heavy atom. The van der Waals surface area contributed by atoms with Crippen LogP contribution in [0.2, 0.25) is 0 Å². The van der Waals surface area contributed by atoms with Gasteiger partial charge in [0, 0.05) is 51.8 Å². The lowest BCUT2D eigenvalue weighted by atomic mass is 10.2. The second kappa shape index (κ2) is 9.13. The van der Waals surface area contributed by atoms with Gasteiger partial charge >= 0.3 is 0 Å². The number of anilines is 1. The molecule has 1 amide bonds. The first-order valence-electron chi connectivity index (χ1n) is 11.6. The summed E-state index contributed by atoms with van der Waals surface area (Å²) in [4.78, 5) is 34.8. The van der Waals surface area contributed by atoms with Crippen LogP contribution in [0.15, 0.2) is 65.5 Å². The summed E-state index contributed by atoms with van der Waals surface area (Å²) in [6.45, 7) is 4.86. The Balaban J connectivity index is 1.30. The van der Waals surface area contributed by atoms with Gasteiger partial charge in [-0.25, -0.2) is 9.67 Å². The second-order valence-electron chi connectivity index (χ2n) is 8.63. The molecule has 34 heavy (non-hydrogen) atoms. The lowest BCUT2D eigenvalue weighted by molar-refractivity contribution is -0.131. The Hall–Kier alpha value is -3.94. The first-order chi connectivity index (χ1) is 16.5. The quantitative estimate of drug-likeness (QED) is 0.462. The van der Waals surface area contributed by atoms with Crippen LogP contribution in [0.4, 0.5) is 5.69 Å². The van der Waals surface area contributed by atoms with E-state index in [9.17, 15) is 9.59 Å². The summed E-state index contributed by atoms with van der Waals surface area (Å²) in [6.07, 6.45) is 0.585. The van der Waals surface area contributed by atoms with Gasteiger partial charge in [0.25, 0.3) is 5.56 Å². The topological polar surface area (TPSA) is 76.3 Å². The monoisotopic (exact) mass is 456 g/mol. The Kier molecular flexibility index (Phi) is 5.88. The van der Waals surface area contributed by atoms with Crippen molar-refractivity contribution >= 4 is 22.8 Å². The largest absolute Gasteiger partial charge is 0.368 e. The van der Waals surface area contributed by atoms with Crippen LogP contribution in [0.1, 0.15) is 17.8 Å². The van der Waals surface area contributed by atoms with Gasteiger partial charge in [0.1, 0.15) is 11.2 Å². The first-order valence-corrected chi connectivity index (χ1v) is 11.6. The molecule has 1 saturated heterocycles. The van der Waals surface area contributed by atoms with E-state index in [1.807, 2.05) is 60.4 Å². The molecule has 0 atom stereocenters. The number of para-hydroxylation sites is 2. The zero-order valence-electron chi connectivity index (χ0n) is 19.5. The summed E-state index contributed by atoms with van der Waals surface area (Å²) in [5.41, 5.74) is 4.36. The Morgan fingerprint density at radius 1 is 0.912 bits per heavy atom. The third-order valence-corrected chi connectivity index (χ3v) is 6.45. The summed E-state index contributed by atoms with van der Waals surface area (Å²) in [6, 6.07) is 20.0. The number of piperazine rings is 1.